The third-order valence-corrected chi connectivity index (χ3v) is 6.16. The van der Waals surface area contributed by atoms with E-state index in [4.69, 9.17) is 9.47 Å². The fourth-order valence-corrected chi connectivity index (χ4v) is 4.77. The fourth-order valence-electron chi connectivity index (χ4n) is 3.19. The molecule has 1 aromatic heterocycles. The zero-order valence-electron chi connectivity index (χ0n) is 14.5. The normalized spacial score (nSPS) is 18.9. The Hall–Kier alpha value is -2.28. The Morgan fingerprint density at radius 3 is 2.64 bits per heavy atom. The van der Waals surface area contributed by atoms with Crippen molar-refractivity contribution in [3.8, 4) is 11.4 Å². The summed E-state index contributed by atoms with van der Waals surface area (Å²) >= 11 is 0. The van der Waals surface area contributed by atoms with Crippen LogP contribution in [0.2, 0.25) is 0 Å². The van der Waals surface area contributed by atoms with Gasteiger partial charge in [-0.25, -0.2) is 13.2 Å². The molecule has 1 fully saturated rings. The molecular formula is C18H21NO5S. The molecule has 1 aromatic carbocycles. The summed E-state index contributed by atoms with van der Waals surface area (Å²) in [7, 11) is -1.48. The second-order valence-corrected chi connectivity index (χ2v) is 8.48. The Morgan fingerprint density at radius 1 is 1.24 bits per heavy atom. The predicted molar refractivity (Wildman–Crippen MR) is 94.3 cm³/mol. The van der Waals surface area contributed by atoms with Crippen molar-refractivity contribution in [3.05, 3.63) is 47.3 Å². The van der Waals surface area contributed by atoms with Crippen LogP contribution in [0.3, 0.4) is 0 Å². The first-order valence-corrected chi connectivity index (χ1v) is 9.87. The van der Waals surface area contributed by atoms with Crippen molar-refractivity contribution < 1.29 is 22.7 Å². The Bertz CT molecular complexity index is 914. The number of aryl methyl sites for hydroxylation is 1. The van der Waals surface area contributed by atoms with Gasteiger partial charge in [-0.2, -0.15) is 0 Å². The van der Waals surface area contributed by atoms with Crippen LogP contribution in [0.5, 0.6) is 5.75 Å². The molecule has 6 nitrogen and oxygen atoms in total. The first kappa shape index (κ1) is 17.5. The minimum Gasteiger partial charge on any atom is -0.497 e. The summed E-state index contributed by atoms with van der Waals surface area (Å²) < 4.78 is 35.7. The van der Waals surface area contributed by atoms with Crippen LogP contribution < -0.4 is 4.74 Å². The number of hydrogen-bond acceptors (Lipinski definition) is 5. The van der Waals surface area contributed by atoms with Crippen LogP contribution in [0, 0.1) is 13.8 Å². The zero-order valence-corrected chi connectivity index (χ0v) is 15.3. The molecule has 0 unspecified atom stereocenters. The highest BCUT2D eigenvalue weighted by Gasteiger charge is 2.31. The molecule has 1 saturated heterocycles. The molecule has 1 aliphatic heterocycles. The molecule has 3 rings (SSSR count). The number of aromatic nitrogens is 1. The van der Waals surface area contributed by atoms with Gasteiger partial charge in [0, 0.05) is 23.1 Å². The minimum absolute atomic E-state index is 0.0772. The van der Waals surface area contributed by atoms with E-state index in [2.05, 4.69) is 0 Å². The summed E-state index contributed by atoms with van der Waals surface area (Å²) in [4.78, 5) is 12.5. The number of esters is 1. The SMILES string of the molecule is COc1cccc(-n2c(C)cc(C(=O)O[C@H]3CCS(=O)(=O)C3)c2C)c1. The van der Waals surface area contributed by atoms with E-state index in [1.54, 1.807) is 13.2 Å². The highest BCUT2D eigenvalue weighted by atomic mass is 32.2. The maximum atomic E-state index is 12.5. The first-order chi connectivity index (χ1) is 11.8. The molecule has 2 heterocycles. The van der Waals surface area contributed by atoms with Crippen molar-refractivity contribution in [1.29, 1.82) is 0 Å². The molecule has 1 aliphatic rings. The van der Waals surface area contributed by atoms with E-state index < -0.39 is 21.9 Å². The molecule has 0 spiro atoms. The highest BCUT2D eigenvalue weighted by molar-refractivity contribution is 7.91. The van der Waals surface area contributed by atoms with Crippen molar-refractivity contribution in [3.63, 3.8) is 0 Å². The smallest absolute Gasteiger partial charge is 0.340 e. The lowest BCUT2D eigenvalue weighted by atomic mass is 10.2. The number of ether oxygens (including phenoxy) is 2. The van der Waals surface area contributed by atoms with Gasteiger partial charge in [0.1, 0.15) is 11.9 Å². The molecule has 0 aliphatic carbocycles. The number of carbonyl (C=O) groups excluding carboxylic acids is 1. The second-order valence-electron chi connectivity index (χ2n) is 6.25. The largest absolute Gasteiger partial charge is 0.497 e. The molecule has 0 radical (unpaired) electrons. The molecule has 1 atom stereocenters. The van der Waals surface area contributed by atoms with Crippen molar-refractivity contribution in [1.82, 2.24) is 4.57 Å². The third kappa shape index (κ3) is 3.56. The lowest BCUT2D eigenvalue weighted by molar-refractivity contribution is 0.0355. The van der Waals surface area contributed by atoms with E-state index >= 15 is 0 Å². The summed E-state index contributed by atoms with van der Waals surface area (Å²) in [5, 5.41) is 0. The number of rotatable bonds is 4. The van der Waals surface area contributed by atoms with Gasteiger partial charge in [-0.1, -0.05) is 6.07 Å². The van der Waals surface area contributed by atoms with Gasteiger partial charge in [0.2, 0.25) is 0 Å². The standard InChI is InChI=1S/C18H21NO5S/c1-12-9-17(18(20)24-16-7-8-25(21,22)11-16)13(2)19(12)14-5-4-6-15(10-14)23-3/h4-6,9-10,16H,7-8,11H2,1-3H3/t16-/m0/s1. The molecular weight excluding hydrogens is 342 g/mol. The summed E-state index contributed by atoms with van der Waals surface area (Å²) in [5.41, 5.74) is 2.97. The lowest BCUT2D eigenvalue weighted by Gasteiger charge is -2.12. The van der Waals surface area contributed by atoms with Gasteiger partial charge in [0.05, 0.1) is 24.2 Å². The van der Waals surface area contributed by atoms with Crippen molar-refractivity contribution in [2.75, 3.05) is 18.6 Å². The van der Waals surface area contributed by atoms with Crippen molar-refractivity contribution in [2.45, 2.75) is 26.4 Å². The molecule has 0 bridgehead atoms. The second kappa shape index (κ2) is 6.55. The number of benzene rings is 1. The number of sulfone groups is 1. The van der Waals surface area contributed by atoms with Crippen LogP contribution in [0.25, 0.3) is 5.69 Å². The van der Waals surface area contributed by atoms with Gasteiger partial charge in [0.15, 0.2) is 9.84 Å². The first-order valence-electron chi connectivity index (χ1n) is 8.05. The van der Waals surface area contributed by atoms with Crippen LogP contribution in [0.15, 0.2) is 30.3 Å². The average Bonchev–Trinajstić information content (AvgIpc) is 3.06. The van der Waals surface area contributed by atoms with Gasteiger partial charge in [-0.3, -0.25) is 0 Å². The predicted octanol–water partition coefficient (Wildman–Crippen LogP) is 2.45. The Morgan fingerprint density at radius 2 is 2.00 bits per heavy atom. The summed E-state index contributed by atoms with van der Waals surface area (Å²) in [6.45, 7) is 3.75. The van der Waals surface area contributed by atoms with Crippen LogP contribution in [-0.2, 0) is 14.6 Å². The average molecular weight is 363 g/mol. The van der Waals surface area contributed by atoms with Crippen LogP contribution in [0.4, 0.5) is 0 Å². The zero-order chi connectivity index (χ0) is 18.2. The molecule has 134 valence electrons. The van der Waals surface area contributed by atoms with Gasteiger partial charge < -0.3 is 14.0 Å². The van der Waals surface area contributed by atoms with E-state index in [9.17, 15) is 13.2 Å². The Labute approximate surface area is 147 Å². The lowest BCUT2D eigenvalue weighted by Crippen LogP contribution is -2.19. The molecule has 0 amide bonds. The highest BCUT2D eigenvalue weighted by Crippen LogP contribution is 2.25. The van der Waals surface area contributed by atoms with Gasteiger partial charge >= 0.3 is 5.97 Å². The quantitative estimate of drug-likeness (QED) is 0.780. The van der Waals surface area contributed by atoms with Gasteiger partial charge in [-0.15, -0.1) is 0 Å². The third-order valence-electron chi connectivity index (χ3n) is 4.43. The van der Waals surface area contributed by atoms with Crippen LogP contribution in [-0.4, -0.2) is 43.7 Å². The van der Waals surface area contributed by atoms with E-state index in [1.165, 1.54) is 0 Å². The maximum absolute atomic E-state index is 12.5. The van der Waals surface area contributed by atoms with Crippen LogP contribution >= 0.6 is 0 Å². The monoisotopic (exact) mass is 363 g/mol. The molecule has 7 heteroatoms. The number of carbonyl (C=O) groups is 1. The topological polar surface area (TPSA) is 74.6 Å². The molecule has 0 saturated carbocycles. The number of nitrogens with zero attached hydrogens (tertiary/aromatic N) is 1. The number of methoxy groups -OCH3 is 1. The van der Waals surface area contributed by atoms with Gasteiger partial charge in [-0.05, 0) is 38.5 Å². The van der Waals surface area contributed by atoms with Crippen LogP contribution in [0.1, 0.15) is 28.2 Å². The fraction of sp³-hybridized carbons (Fsp3) is 0.389. The van der Waals surface area contributed by atoms with E-state index in [0.717, 1.165) is 22.8 Å². The number of hydrogen-bond donors (Lipinski definition) is 0. The summed E-state index contributed by atoms with van der Waals surface area (Å²) in [6.07, 6.45) is -0.194. The Kier molecular flexibility index (Phi) is 4.60. The van der Waals surface area contributed by atoms with Gasteiger partial charge in [0.25, 0.3) is 0 Å². The summed E-state index contributed by atoms with van der Waals surface area (Å²) in [6, 6.07) is 9.32. The van der Waals surface area contributed by atoms with E-state index in [1.807, 2.05) is 42.7 Å². The molecule has 25 heavy (non-hydrogen) atoms. The van der Waals surface area contributed by atoms with E-state index in [-0.39, 0.29) is 11.5 Å². The summed E-state index contributed by atoms with van der Waals surface area (Å²) in [5.74, 6) is 0.232. The van der Waals surface area contributed by atoms with Crippen molar-refractivity contribution in [2.24, 2.45) is 0 Å². The van der Waals surface area contributed by atoms with E-state index in [0.29, 0.717) is 12.0 Å². The molecule has 0 N–H and O–H groups in total. The Balaban J connectivity index is 1.87. The van der Waals surface area contributed by atoms with Crippen molar-refractivity contribution >= 4 is 15.8 Å². The minimum atomic E-state index is -3.08. The molecule has 2 aromatic rings. The maximum Gasteiger partial charge on any atom is 0.340 e.